The summed E-state index contributed by atoms with van der Waals surface area (Å²) in [5.41, 5.74) is 0.852. The van der Waals surface area contributed by atoms with Crippen LogP contribution in [-0.2, 0) is 14.2 Å². The Morgan fingerprint density at radius 3 is 2.24 bits per heavy atom. The molecular weight excluding hydrogens is 324 g/mol. The second-order valence-electron chi connectivity index (χ2n) is 6.13. The normalized spacial score (nSPS) is 35.0. The summed E-state index contributed by atoms with van der Waals surface area (Å²) in [6, 6.07) is 18.5. The minimum Gasteiger partial charge on any atom is -0.462 e. The van der Waals surface area contributed by atoms with Gasteiger partial charge in [-0.15, -0.1) is 0 Å². The van der Waals surface area contributed by atoms with Gasteiger partial charge in [0.2, 0.25) is 6.29 Å². The quantitative estimate of drug-likeness (QED) is 0.881. The minimum absolute atomic E-state index is 0.239. The van der Waals surface area contributed by atoms with Crippen LogP contribution in [0, 0.1) is 0 Å². The van der Waals surface area contributed by atoms with E-state index in [1.165, 1.54) is 0 Å². The van der Waals surface area contributed by atoms with E-state index in [4.69, 9.17) is 18.9 Å². The van der Waals surface area contributed by atoms with Gasteiger partial charge in [0, 0.05) is 5.56 Å². The molecule has 0 aliphatic carbocycles. The third-order valence-corrected chi connectivity index (χ3v) is 4.40. The summed E-state index contributed by atoms with van der Waals surface area (Å²) in [4.78, 5) is 0. The number of rotatable bonds is 3. The molecular formula is C19H20O6. The van der Waals surface area contributed by atoms with Gasteiger partial charge in [0.05, 0.1) is 6.61 Å². The smallest absolute Gasteiger partial charge is 0.229 e. The van der Waals surface area contributed by atoms with E-state index < -0.39 is 37.0 Å². The number of aliphatic hydroxyl groups excluding tert-OH is 2. The predicted molar refractivity (Wildman–Crippen MR) is 87.8 cm³/mol. The Morgan fingerprint density at radius 2 is 1.52 bits per heavy atom. The number of hydrogen-bond acceptors (Lipinski definition) is 6. The second kappa shape index (κ2) is 7.11. The SMILES string of the molecule is O[C@@H]1[C@@H](O)[C@H](Oc2ccccc2)O[C@@H]2CO[C@@H](c3ccccc3)O[C@@H]12. The number of hydrogen-bond donors (Lipinski definition) is 2. The second-order valence-corrected chi connectivity index (χ2v) is 6.13. The first-order chi connectivity index (χ1) is 12.2. The van der Waals surface area contributed by atoms with Gasteiger partial charge in [0.25, 0.3) is 0 Å². The van der Waals surface area contributed by atoms with Crippen molar-refractivity contribution in [2.75, 3.05) is 6.61 Å². The van der Waals surface area contributed by atoms with Gasteiger partial charge in [-0.2, -0.15) is 0 Å². The molecule has 0 radical (unpaired) electrons. The highest BCUT2D eigenvalue weighted by Crippen LogP contribution is 2.34. The van der Waals surface area contributed by atoms with Gasteiger partial charge >= 0.3 is 0 Å². The zero-order valence-electron chi connectivity index (χ0n) is 13.5. The minimum atomic E-state index is -1.23. The van der Waals surface area contributed by atoms with Crippen LogP contribution in [0.2, 0.25) is 0 Å². The third kappa shape index (κ3) is 3.40. The molecule has 6 heteroatoms. The number of benzene rings is 2. The van der Waals surface area contributed by atoms with Gasteiger partial charge < -0.3 is 29.2 Å². The number of para-hydroxylation sites is 1. The molecule has 2 aromatic rings. The Kier molecular flexibility index (Phi) is 4.70. The Labute approximate surface area is 145 Å². The van der Waals surface area contributed by atoms with Crippen LogP contribution >= 0.6 is 0 Å². The first-order valence-electron chi connectivity index (χ1n) is 8.28. The molecule has 2 N–H and O–H groups in total. The highest BCUT2D eigenvalue weighted by molar-refractivity contribution is 5.21. The van der Waals surface area contributed by atoms with Crippen LogP contribution in [0.15, 0.2) is 60.7 Å². The summed E-state index contributed by atoms with van der Waals surface area (Å²) < 4.78 is 23.0. The van der Waals surface area contributed by atoms with Gasteiger partial charge in [-0.05, 0) is 12.1 Å². The molecule has 4 rings (SSSR count). The number of fused-ring (bicyclic) bond motifs is 1. The predicted octanol–water partition coefficient (Wildman–Crippen LogP) is 1.63. The average Bonchev–Trinajstić information content (AvgIpc) is 2.67. The van der Waals surface area contributed by atoms with Crippen LogP contribution in [0.1, 0.15) is 11.9 Å². The largest absolute Gasteiger partial charge is 0.462 e. The molecule has 0 bridgehead atoms. The average molecular weight is 344 g/mol. The van der Waals surface area contributed by atoms with E-state index in [-0.39, 0.29) is 6.61 Å². The molecule has 2 aromatic carbocycles. The molecule has 25 heavy (non-hydrogen) atoms. The fraction of sp³-hybridized carbons (Fsp3) is 0.368. The van der Waals surface area contributed by atoms with E-state index >= 15 is 0 Å². The molecule has 0 aromatic heterocycles. The third-order valence-electron chi connectivity index (χ3n) is 4.40. The van der Waals surface area contributed by atoms with Gasteiger partial charge in [-0.25, -0.2) is 0 Å². The van der Waals surface area contributed by atoms with Crippen molar-refractivity contribution in [3.63, 3.8) is 0 Å². The first kappa shape index (κ1) is 16.5. The van der Waals surface area contributed by atoms with E-state index in [0.717, 1.165) is 5.56 Å². The monoisotopic (exact) mass is 344 g/mol. The summed E-state index contributed by atoms with van der Waals surface area (Å²) in [5.74, 6) is 0.553. The summed E-state index contributed by atoms with van der Waals surface area (Å²) in [5, 5.41) is 20.9. The lowest BCUT2D eigenvalue weighted by Crippen LogP contribution is -2.62. The Balaban J connectivity index is 1.46. The Morgan fingerprint density at radius 1 is 0.840 bits per heavy atom. The molecule has 2 aliphatic rings. The van der Waals surface area contributed by atoms with Crippen LogP contribution in [0.25, 0.3) is 0 Å². The van der Waals surface area contributed by atoms with Gasteiger partial charge in [-0.3, -0.25) is 0 Å². The molecule has 2 aliphatic heterocycles. The maximum atomic E-state index is 10.5. The maximum Gasteiger partial charge on any atom is 0.229 e. The van der Waals surface area contributed by atoms with Crippen LogP contribution in [-0.4, -0.2) is 47.5 Å². The molecule has 0 amide bonds. The van der Waals surface area contributed by atoms with Crippen molar-refractivity contribution in [2.45, 2.75) is 37.0 Å². The lowest BCUT2D eigenvalue weighted by molar-refractivity contribution is -0.350. The fourth-order valence-corrected chi connectivity index (χ4v) is 3.09. The van der Waals surface area contributed by atoms with Crippen molar-refractivity contribution in [1.29, 1.82) is 0 Å². The van der Waals surface area contributed by atoms with Crippen LogP contribution in [0.5, 0.6) is 5.75 Å². The highest BCUT2D eigenvalue weighted by Gasteiger charge is 2.49. The molecule has 2 saturated heterocycles. The molecule has 6 nitrogen and oxygen atoms in total. The number of aliphatic hydroxyl groups is 2. The molecule has 2 fully saturated rings. The van der Waals surface area contributed by atoms with Crippen molar-refractivity contribution in [1.82, 2.24) is 0 Å². The summed E-state index contributed by atoms with van der Waals surface area (Å²) in [6.45, 7) is 0.239. The van der Waals surface area contributed by atoms with Crippen LogP contribution in [0.4, 0.5) is 0 Å². The molecule has 0 spiro atoms. The zero-order chi connectivity index (χ0) is 17.2. The van der Waals surface area contributed by atoms with E-state index in [2.05, 4.69) is 0 Å². The van der Waals surface area contributed by atoms with Gasteiger partial charge in [-0.1, -0.05) is 48.5 Å². The molecule has 132 valence electrons. The Hall–Kier alpha value is -1.96. The van der Waals surface area contributed by atoms with Crippen molar-refractivity contribution in [2.24, 2.45) is 0 Å². The maximum absolute atomic E-state index is 10.5. The first-order valence-corrected chi connectivity index (χ1v) is 8.28. The lowest BCUT2D eigenvalue weighted by Gasteiger charge is -2.46. The molecule has 2 heterocycles. The van der Waals surface area contributed by atoms with Crippen molar-refractivity contribution in [3.8, 4) is 5.75 Å². The highest BCUT2D eigenvalue weighted by atomic mass is 16.8. The van der Waals surface area contributed by atoms with Crippen LogP contribution in [0.3, 0.4) is 0 Å². The summed E-state index contributed by atoms with van der Waals surface area (Å²) in [6.07, 6.45) is -5.16. The van der Waals surface area contributed by atoms with E-state index in [0.29, 0.717) is 5.75 Å². The van der Waals surface area contributed by atoms with Gasteiger partial charge in [0.1, 0.15) is 30.2 Å². The van der Waals surface area contributed by atoms with Crippen molar-refractivity contribution in [3.05, 3.63) is 66.2 Å². The summed E-state index contributed by atoms with van der Waals surface area (Å²) >= 11 is 0. The number of ether oxygens (including phenoxy) is 4. The summed E-state index contributed by atoms with van der Waals surface area (Å²) in [7, 11) is 0. The standard InChI is InChI=1S/C19H20O6/c20-15-16(21)19(23-13-9-5-2-6-10-13)24-14-11-22-18(25-17(14)15)12-7-3-1-4-8-12/h1-10,14-21H,11H2/t14-,15-,16-,17-,18-,19-/m1/s1. The topological polar surface area (TPSA) is 77.4 Å². The van der Waals surface area contributed by atoms with E-state index in [1.54, 1.807) is 12.1 Å². The molecule has 0 saturated carbocycles. The van der Waals surface area contributed by atoms with Crippen molar-refractivity contribution >= 4 is 0 Å². The van der Waals surface area contributed by atoms with E-state index in [9.17, 15) is 10.2 Å². The fourth-order valence-electron chi connectivity index (χ4n) is 3.09. The van der Waals surface area contributed by atoms with E-state index in [1.807, 2.05) is 48.5 Å². The molecule has 6 atom stereocenters. The zero-order valence-corrected chi connectivity index (χ0v) is 13.5. The Bertz CT molecular complexity index is 677. The van der Waals surface area contributed by atoms with Gasteiger partial charge in [0.15, 0.2) is 6.29 Å². The van der Waals surface area contributed by atoms with Crippen molar-refractivity contribution < 1.29 is 29.2 Å². The molecule has 0 unspecified atom stereocenters. The lowest BCUT2D eigenvalue weighted by atomic mass is 9.98. The van der Waals surface area contributed by atoms with Crippen LogP contribution < -0.4 is 4.74 Å².